The molecule has 0 saturated heterocycles. The molecule has 11 heteroatoms. The molecule has 0 bridgehead atoms. The predicted molar refractivity (Wildman–Crippen MR) is 140 cm³/mol. The first-order valence-electron chi connectivity index (χ1n) is 12.3. The molecule has 2 heterocycles. The van der Waals surface area contributed by atoms with Gasteiger partial charge < -0.3 is 10.2 Å². The van der Waals surface area contributed by atoms with Gasteiger partial charge in [0.25, 0.3) is 11.5 Å². The minimum absolute atomic E-state index is 0.00000837. The van der Waals surface area contributed by atoms with Crippen molar-refractivity contribution in [2.24, 2.45) is 0 Å². The number of carbonyl (C=O) groups excluding carboxylic acids is 1. The van der Waals surface area contributed by atoms with E-state index in [1.807, 2.05) is 14.1 Å². The fraction of sp³-hybridized carbons (Fsp3) is 0.250. The molecule has 2 aromatic carbocycles. The maximum Gasteiger partial charge on any atom is 0.267 e. The second kappa shape index (κ2) is 12.4. The standard InChI is InChI=1S/C28H27F3N6O2/c1-36(2)11-4-3-10-32-28(39)21-15-33-27(34-16-21)19-7-5-6-18(12-19)17-37-25(38)9-8-24(35-37)20-13-22(29)26(31)23(30)14-20/h5-9,12-16H,3-4,10-11,17H2,1-2H3,(H,32,39). The summed E-state index contributed by atoms with van der Waals surface area (Å²) >= 11 is 0. The molecule has 0 unspecified atom stereocenters. The van der Waals surface area contributed by atoms with Crippen LogP contribution in [0.1, 0.15) is 28.8 Å². The highest BCUT2D eigenvalue weighted by Crippen LogP contribution is 2.22. The Kier molecular flexibility index (Phi) is 8.82. The Labute approximate surface area is 223 Å². The Balaban J connectivity index is 1.46. The van der Waals surface area contributed by atoms with Crippen molar-refractivity contribution in [1.82, 2.24) is 30.0 Å². The predicted octanol–water partition coefficient (Wildman–Crippen LogP) is 3.90. The Morgan fingerprint density at radius 2 is 1.67 bits per heavy atom. The van der Waals surface area contributed by atoms with E-state index in [0.29, 0.717) is 29.1 Å². The van der Waals surface area contributed by atoms with E-state index >= 15 is 0 Å². The quantitative estimate of drug-likeness (QED) is 0.244. The van der Waals surface area contributed by atoms with Crippen LogP contribution in [0.2, 0.25) is 0 Å². The molecule has 0 spiro atoms. The summed E-state index contributed by atoms with van der Waals surface area (Å²) in [6.45, 7) is 1.58. The topological polar surface area (TPSA) is 93.0 Å². The number of amides is 1. The van der Waals surface area contributed by atoms with E-state index < -0.39 is 23.0 Å². The zero-order valence-corrected chi connectivity index (χ0v) is 21.5. The van der Waals surface area contributed by atoms with E-state index in [1.54, 1.807) is 24.3 Å². The fourth-order valence-electron chi connectivity index (χ4n) is 3.85. The molecular weight excluding hydrogens is 509 g/mol. The molecule has 0 aliphatic heterocycles. The van der Waals surface area contributed by atoms with Gasteiger partial charge >= 0.3 is 0 Å². The van der Waals surface area contributed by atoms with Crippen molar-refractivity contribution in [3.63, 3.8) is 0 Å². The maximum atomic E-state index is 13.7. The molecule has 4 rings (SSSR count). The van der Waals surface area contributed by atoms with Crippen molar-refractivity contribution in [2.75, 3.05) is 27.2 Å². The number of hydrogen-bond acceptors (Lipinski definition) is 6. The fourth-order valence-corrected chi connectivity index (χ4v) is 3.85. The van der Waals surface area contributed by atoms with E-state index in [1.165, 1.54) is 24.5 Å². The third-order valence-electron chi connectivity index (χ3n) is 5.90. The number of nitrogens with zero attached hydrogens (tertiary/aromatic N) is 5. The Hall–Kier alpha value is -4.38. The van der Waals surface area contributed by atoms with Crippen molar-refractivity contribution in [2.45, 2.75) is 19.4 Å². The molecule has 202 valence electrons. The summed E-state index contributed by atoms with van der Waals surface area (Å²) in [5.41, 5.74) is 1.39. The number of unbranched alkanes of at least 4 members (excludes halogenated alkanes) is 1. The summed E-state index contributed by atoms with van der Waals surface area (Å²) in [5, 5.41) is 7.06. The van der Waals surface area contributed by atoms with Gasteiger partial charge in [0.15, 0.2) is 23.3 Å². The van der Waals surface area contributed by atoms with Gasteiger partial charge in [0.1, 0.15) is 0 Å². The Morgan fingerprint density at radius 3 is 2.36 bits per heavy atom. The summed E-state index contributed by atoms with van der Waals surface area (Å²) < 4.78 is 41.9. The van der Waals surface area contributed by atoms with Crippen LogP contribution in [0.3, 0.4) is 0 Å². The maximum absolute atomic E-state index is 13.7. The molecule has 4 aromatic rings. The molecule has 39 heavy (non-hydrogen) atoms. The first kappa shape index (κ1) is 27.6. The summed E-state index contributed by atoms with van der Waals surface area (Å²) in [7, 11) is 4.01. The normalized spacial score (nSPS) is 11.1. The van der Waals surface area contributed by atoms with Crippen LogP contribution >= 0.6 is 0 Å². The SMILES string of the molecule is CN(C)CCCCNC(=O)c1cnc(-c2cccc(Cn3nc(-c4cc(F)c(F)c(F)c4)ccc3=O)c2)nc1. The Bertz CT molecular complexity index is 1500. The lowest BCUT2D eigenvalue weighted by atomic mass is 10.1. The largest absolute Gasteiger partial charge is 0.352 e. The van der Waals surface area contributed by atoms with Crippen LogP contribution in [-0.2, 0) is 6.54 Å². The van der Waals surface area contributed by atoms with E-state index in [0.717, 1.165) is 36.2 Å². The van der Waals surface area contributed by atoms with Crippen molar-refractivity contribution < 1.29 is 18.0 Å². The molecule has 0 saturated carbocycles. The van der Waals surface area contributed by atoms with Gasteiger partial charge in [-0.05, 0) is 63.3 Å². The Morgan fingerprint density at radius 1 is 0.949 bits per heavy atom. The minimum Gasteiger partial charge on any atom is -0.352 e. The van der Waals surface area contributed by atoms with Gasteiger partial charge in [0.05, 0.1) is 17.8 Å². The average molecular weight is 537 g/mol. The van der Waals surface area contributed by atoms with Crippen molar-refractivity contribution in [3.05, 3.63) is 99.9 Å². The van der Waals surface area contributed by atoms with Gasteiger partial charge in [-0.2, -0.15) is 5.10 Å². The van der Waals surface area contributed by atoms with Crippen molar-refractivity contribution >= 4 is 5.91 Å². The number of carbonyl (C=O) groups is 1. The average Bonchev–Trinajstić information content (AvgIpc) is 2.92. The highest BCUT2D eigenvalue weighted by Gasteiger charge is 2.14. The summed E-state index contributed by atoms with van der Waals surface area (Å²) in [4.78, 5) is 35.5. The van der Waals surface area contributed by atoms with Gasteiger partial charge in [-0.3, -0.25) is 9.59 Å². The molecule has 0 atom stereocenters. The monoisotopic (exact) mass is 536 g/mol. The first-order chi connectivity index (χ1) is 18.7. The van der Waals surface area contributed by atoms with Gasteiger partial charge in [-0.15, -0.1) is 0 Å². The lowest BCUT2D eigenvalue weighted by Crippen LogP contribution is -2.25. The third-order valence-corrected chi connectivity index (χ3v) is 5.90. The number of aromatic nitrogens is 4. The van der Waals surface area contributed by atoms with Gasteiger partial charge in [-0.1, -0.05) is 18.2 Å². The highest BCUT2D eigenvalue weighted by atomic mass is 19.2. The van der Waals surface area contributed by atoms with Gasteiger partial charge in [0.2, 0.25) is 0 Å². The van der Waals surface area contributed by atoms with Crippen molar-refractivity contribution in [3.8, 4) is 22.6 Å². The van der Waals surface area contributed by atoms with Crippen molar-refractivity contribution in [1.29, 1.82) is 0 Å². The zero-order chi connectivity index (χ0) is 27.9. The third kappa shape index (κ3) is 7.14. The van der Waals surface area contributed by atoms with E-state index in [4.69, 9.17) is 0 Å². The lowest BCUT2D eigenvalue weighted by Gasteiger charge is -2.10. The molecular formula is C28H27F3N6O2. The van der Waals surface area contributed by atoms with Crippen LogP contribution in [0.15, 0.2) is 65.7 Å². The number of halogens is 3. The van der Waals surface area contributed by atoms with E-state index in [9.17, 15) is 22.8 Å². The van der Waals surface area contributed by atoms with Crippen LogP contribution in [0.5, 0.6) is 0 Å². The van der Waals surface area contributed by atoms with E-state index in [2.05, 4.69) is 25.3 Å². The lowest BCUT2D eigenvalue weighted by molar-refractivity contribution is 0.0952. The van der Waals surface area contributed by atoms with Crippen LogP contribution < -0.4 is 10.9 Å². The number of rotatable bonds is 10. The first-order valence-corrected chi connectivity index (χ1v) is 12.3. The van der Waals surface area contributed by atoms with Crippen LogP contribution in [0.4, 0.5) is 13.2 Å². The highest BCUT2D eigenvalue weighted by molar-refractivity contribution is 5.93. The minimum atomic E-state index is -1.57. The van der Waals surface area contributed by atoms with Crippen LogP contribution in [0, 0.1) is 17.5 Å². The molecule has 0 aliphatic carbocycles. The van der Waals surface area contributed by atoms with Gasteiger partial charge in [0, 0.05) is 36.1 Å². The number of hydrogen-bond donors (Lipinski definition) is 1. The smallest absolute Gasteiger partial charge is 0.267 e. The van der Waals surface area contributed by atoms with Crippen LogP contribution in [-0.4, -0.2) is 57.7 Å². The molecule has 8 nitrogen and oxygen atoms in total. The summed E-state index contributed by atoms with van der Waals surface area (Å²) in [6.07, 6.45) is 4.77. The second-order valence-electron chi connectivity index (χ2n) is 9.23. The molecule has 2 aromatic heterocycles. The number of benzene rings is 2. The van der Waals surface area contributed by atoms with Gasteiger partial charge in [-0.25, -0.2) is 27.8 Å². The molecule has 1 amide bonds. The second-order valence-corrected chi connectivity index (χ2v) is 9.23. The molecule has 0 fully saturated rings. The molecule has 1 N–H and O–H groups in total. The van der Waals surface area contributed by atoms with Crippen LogP contribution in [0.25, 0.3) is 22.6 Å². The summed E-state index contributed by atoms with van der Waals surface area (Å²) in [6, 6.07) is 11.3. The molecule has 0 radical (unpaired) electrons. The zero-order valence-electron chi connectivity index (χ0n) is 21.5. The summed E-state index contributed by atoms with van der Waals surface area (Å²) in [5.74, 6) is -4.12. The molecule has 0 aliphatic rings. The van der Waals surface area contributed by atoms with E-state index in [-0.39, 0.29) is 23.7 Å². The number of nitrogens with one attached hydrogen (secondary N) is 1.